The monoisotopic (exact) mass is 512 g/mol. The molecule has 37 heavy (non-hydrogen) atoms. The first-order valence-electron chi connectivity index (χ1n) is 14.6. The van der Waals surface area contributed by atoms with E-state index in [4.69, 9.17) is 5.10 Å². The van der Waals surface area contributed by atoms with Crippen LogP contribution in [0.3, 0.4) is 0 Å². The second kappa shape index (κ2) is 9.00. The number of aromatic nitrogens is 4. The largest absolute Gasteiger partial charge is 0.480 e. The number of hydrogen-bond donors (Lipinski definition) is 3. The summed E-state index contributed by atoms with van der Waals surface area (Å²) in [6.45, 7) is 2.16. The number of hydrogen-bond acceptors (Lipinski definition) is 7. The van der Waals surface area contributed by atoms with Crippen LogP contribution in [0.2, 0.25) is 0 Å². The highest BCUT2D eigenvalue weighted by Gasteiger charge is 2.54. The van der Waals surface area contributed by atoms with Crippen LogP contribution in [-0.2, 0) is 15.0 Å². The molecule has 0 radical (unpaired) electrons. The molecule has 5 aliphatic carbocycles. The maximum absolute atomic E-state index is 12.2. The Kier molecular flexibility index (Phi) is 5.84. The molecule has 6 atom stereocenters. The van der Waals surface area contributed by atoms with Gasteiger partial charge in [-0.25, -0.2) is 0 Å². The Balaban J connectivity index is 1.03. The average Bonchev–Trinajstić information content (AvgIpc) is 3.51. The molecule has 4 bridgehead atoms. The smallest absolute Gasteiger partial charge is 0.321 e. The third-order valence-corrected chi connectivity index (χ3v) is 11.1. The molecule has 7 fully saturated rings. The average molecular weight is 513 g/mol. The molecule has 6 unspecified atom stereocenters. The van der Waals surface area contributed by atoms with Crippen molar-refractivity contribution < 1.29 is 19.8 Å². The minimum Gasteiger partial charge on any atom is -0.480 e. The van der Waals surface area contributed by atoms with Gasteiger partial charge in [-0.15, -0.1) is 10.2 Å². The second-order valence-electron chi connectivity index (χ2n) is 13.6. The zero-order chi connectivity index (χ0) is 25.3. The Bertz CT molecular complexity index is 1020. The molecule has 8 rings (SSSR count). The number of rotatable bonds is 6. The van der Waals surface area contributed by atoms with Crippen LogP contribution < -0.4 is 5.32 Å². The highest BCUT2D eigenvalue weighted by atomic mass is 16.4. The van der Waals surface area contributed by atoms with Gasteiger partial charge in [0.1, 0.15) is 12.1 Å². The van der Waals surface area contributed by atoms with E-state index in [-0.39, 0.29) is 11.5 Å². The van der Waals surface area contributed by atoms with Crippen molar-refractivity contribution >= 4 is 11.9 Å². The summed E-state index contributed by atoms with van der Waals surface area (Å²) in [4.78, 5) is 27.6. The molecule has 1 aromatic rings. The topological polar surface area (TPSA) is 133 Å². The Hall–Kier alpha value is -2.07. The Labute approximate surface area is 217 Å². The van der Waals surface area contributed by atoms with Crippen LogP contribution in [0.25, 0.3) is 0 Å². The molecule has 0 aromatic carbocycles. The highest BCUT2D eigenvalue weighted by Crippen LogP contribution is 2.60. The predicted octanol–water partition coefficient (Wildman–Crippen LogP) is 2.32. The summed E-state index contributed by atoms with van der Waals surface area (Å²) in [6.07, 6.45) is 12.1. The van der Waals surface area contributed by atoms with Crippen LogP contribution in [0.15, 0.2) is 0 Å². The zero-order valence-electron chi connectivity index (χ0n) is 21.5. The highest BCUT2D eigenvalue weighted by molar-refractivity contribution is 5.74. The predicted molar refractivity (Wildman–Crippen MR) is 133 cm³/mol. The first-order valence-corrected chi connectivity index (χ1v) is 14.6. The molecular formula is C27H40N6O4. The fourth-order valence-electron chi connectivity index (χ4n) is 9.83. The number of carbonyl (C=O) groups is 2. The van der Waals surface area contributed by atoms with Gasteiger partial charge in [-0.2, -0.15) is 4.80 Å². The minimum atomic E-state index is -0.773. The third kappa shape index (κ3) is 4.28. The SMILES string of the molecule is O=C(O)C1CC2CC(CN3CC(n4nnc(C56CC7CC(CC(C7)C5)C6)n4)CC3C(=O)O)CCC2CN1. The molecule has 2 saturated heterocycles. The van der Waals surface area contributed by atoms with Crippen molar-refractivity contribution in [2.45, 2.75) is 94.2 Å². The first kappa shape index (κ1) is 24.0. The molecule has 3 N–H and O–H groups in total. The Morgan fingerprint density at radius 1 is 0.919 bits per heavy atom. The van der Waals surface area contributed by atoms with Gasteiger partial charge in [0.25, 0.3) is 0 Å². The van der Waals surface area contributed by atoms with Crippen molar-refractivity contribution in [2.75, 3.05) is 19.6 Å². The molecule has 5 saturated carbocycles. The molecule has 10 nitrogen and oxygen atoms in total. The van der Waals surface area contributed by atoms with E-state index in [1.807, 2.05) is 0 Å². The van der Waals surface area contributed by atoms with Crippen molar-refractivity contribution in [3.05, 3.63) is 5.82 Å². The standard InChI is InChI=1S/C27H40N6O4/c34-24(35)22-7-20-6-15(1-2-19(20)12-28-22)13-32-14-21(8-23(32)25(36)37)33-30-26(29-31-33)27-9-16-3-17(10-27)5-18(4-16)11-27/h15-23,28H,1-14H2,(H,34,35)(H,36,37). The number of carboxylic acid groups (broad SMARTS) is 2. The number of aliphatic carboxylic acids is 2. The van der Waals surface area contributed by atoms with E-state index in [0.717, 1.165) is 55.9 Å². The van der Waals surface area contributed by atoms with Crippen LogP contribution >= 0.6 is 0 Å². The minimum absolute atomic E-state index is 0.0668. The van der Waals surface area contributed by atoms with Gasteiger partial charge in [-0.3, -0.25) is 14.5 Å². The van der Waals surface area contributed by atoms with Gasteiger partial charge in [-0.1, -0.05) is 0 Å². The number of piperidine rings is 1. The van der Waals surface area contributed by atoms with E-state index in [2.05, 4.69) is 20.5 Å². The van der Waals surface area contributed by atoms with E-state index in [1.165, 1.54) is 38.5 Å². The first-order chi connectivity index (χ1) is 17.8. The Morgan fingerprint density at radius 3 is 2.32 bits per heavy atom. The lowest BCUT2D eigenvalue weighted by atomic mass is 9.49. The molecule has 3 heterocycles. The van der Waals surface area contributed by atoms with Gasteiger partial charge in [0.15, 0.2) is 5.82 Å². The van der Waals surface area contributed by atoms with Gasteiger partial charge in [0, 0.05) is 18.5 Å². The molecular weight excluding hydrogens is 472 g/mol. The van der Waals surface area contributed by atoms with E-state index in [1.54, 1.807) is 4.80 Å². The maximum Gasteiger partial charge on any atom is 0.321 e. The lowest BCUT2D eigenvalue weighted by Gasteiger charge is -2.55. The number of tetrazole rings is 1. The van der Waals surface area contributed by atoms with E-state index < -0.39 is 24.0 Å². The maximum atomic E-state index is 12.2. The number of fused-ring (bicyclic) bond motifs is 1. The summed E-state index contributed by atoms with van der Waals surface area (Å²) in [6, 6.07) is -1.05. The van der Waals surface area contributed by atoms with Crippen LogP contribution in [0, 0.1) is 35.5 Å². The fourth-order valence-corrected chi connectivity index (χ4v) is 9.83. The zero-order valence-corrected chi connectivity index (χ0v) is 21.5. The van der Waals surface area contributed by atoms with Crippen molar-refractivity contribution in [2.24, 2.45) is 35.5 Å². The van der Waals surface area contributed by atoms with Crippen LogP contribution in [0.4, 0.5) is 0 Å². The molecule has 0 spiro atoms. The van der Waals surface area contributed by atoms with Gasteiger partial charge in [0.2, 0.25) is 0 Å². The van der Waals surface area contributed by atoms with E-state index >= 15 is 0 Å². The molecule has 10 heteroatoms. The third-order valence-electron chi connectivity index (χ3n) is 11.1. The Morgan fingerprint density at radius 2 is 1.65 bits per heavy atom. The van der Waals surface area contributed by atoms with Crippen molar-refractivity contribution in [1.29, 1.82) is 0 Å². The summed E-state index contributed by atoms with van der Waals surface area (Å²) in [5, 5.41) is 36.7. The fraction of sp³-hybridized carbons (Fsp3) is 0.889. The molecule has 202 valence electrons. The van der Waals surface area contributed by atoms with Gasteiger partial charge in [-0.05, 0) is 118 Å². The summed E-state index contributed by atoms with van der Waals surface area (Å²) in [7, 11) is 0. The number of nitrogens with zero attached hydrogens (tertiary/aromatic N) is 5. The molecule has 2 aliphatic heterocycles. The summed E-state index contributed by atoms with van der Waals surface area (Å²) >= 11 is 0. The van der Waals surface area contributed by atoms with E-state index in [9.17, 15) is 19.8 Å². The van der Waals surface area contributed by atoms with Crippen molar-refractivity contribution in [1.82, 2.24) is 30.4 Å². The summed E-state index contributed by atoms with van der Waals surface area (Å²) in [5.41, 5.74) is 0.0960. The van der Waals surface area contributed by atoms with Crippen LogP contribution in [0.5, 0.6) is 0 Å². The summed E-state index contributed by atoms with van der Waals surface area (Å²) in [5.74, 6) is 3.17. The van der Waals surface area contributed by atoms with Gasteiger partial charge in [0.05, 0.1) is 6.04 Å². The molecule has 7 aliphatic rings. The summed E-state index contributed by atoms with van der Waals surface area (Å²) < 4.78 is 0. The molecule has 0 amide bonds. The van der Waals surface area contributed by atoms with Crippen molar-refractivity contribution in [3.8, 4) is 0 Å². The molecule has 1 aromatic heterocycles. The number of carboxylic acids is 2. The van der Waals surface area contributed by atoms with Crippen molar-refractivity contribution in [3.63, 3.8) is 0 Å². The second-order valence-corrected chi connectivity index (χ2v) is 13.6. The van der Waals surface area contributed by atoms with Gasteiger partial charge < -0.3 is 15.5 Å². The number of nitrogens with one attached hydrogen (secondary N) is 1. The van der Waals surface area contributed by atoms with Crippen LogP contribution in [0.1, 0.15) is 82.5 Å². The van der Waals surface area contributed by atoms with Gasteiger partial charge >= 0.3 is 11.9 Å². The van der Waals surface area contributed by atoms with E-state index in [0.29, 0.717) is 37.1 Å². The van der Waals surface area contributed by atoms with Crippen LogP contribution in [-0.4, -0.2) is 79.0 Å². The number of likely N-dealkylation sites (tertiary alicyclic amines) is 1. The lowest BCUT2D eigenvalue weighted by molar-refractivity contribution is -0.143. The quantitative estimate of drug-likeness (QED) is 0.525. The lowest BCUT2D eigenvalue weighted by Crippen LogP contribution is -2.50. The normalized spacial score (nSPS) is 45.1.